The number of imidazole rings is 1. The lowest BCUT2D eigenvalue weighted by molar-refractivity contribution is -0.211. The highest BCUT2D eigenvalue weighted by molar-refractivity contribution is 7.89. The number of halogens is 3. The monoisotopic (exact) mass is 445 g/mol. The minimum absolute atomic E-state index is 0.0561. The van der Waals surface area contributed by atoms with Gasteiger partial charge >= 0.3 is 12.4 Å². The first-order chi connectivity index (χ1) is 14.2. The second-order valence-corrected chi connectivity index (χ2v) is 8.75. The highest BCUT2D eigenvalue weighted by Gasteiger charge is 2.49. The van der Waals surface area contributed by atoms with Gasteiger partial charge < -0.3 is 14.1 Å². The minimum atomic E-state index is -4.66. The molecular formula is C17H18F3N5O4S. The second-order valence-electron chi connectivity index (χ2n) is 6.86. The van der Waals surface area contributed by atoms with Crippen LogP contribution in [-0.2, 0) is 21.9 Å². The van der Waals surface area contributed by atoms with Gasteiger partial charge in [0.1, 0.15) is 18.2 Å². The summed E-state index contributed by atoms with van der Waals surface area (Å²) in [4.78, 5) is 9.16. The van der Waals surface area contributed by atoms with Crippen molar-refractivity contribution in [3.8, 4) is 5.75 Å². The van der Waals surface area contributed by atoms with Gasteiger partial charge in [-0.15, -0.1) is 0 Å². The van der Waals surface area contributed by atoms with Gasteiger partial charge in [-0.2, -0.15) is 17.5 Å². The minimum Gasteiger partial charge on any atom is -0.487 e. The van der Waals surface area contributed by atoms with Crippen LogP contribution in [-0.4, -0.2) is 60.2 Å². The third-order valence-electron chi connectivity index (χ3n) is 4.70. The Morgan fingerprint density at radius 1 is 1.27 bits per heavy atom. The molecule has 13 heteroatoms. The summed E-state index contributed by atoms with van der Waals surface area (Å²) in [6.45, 7) is 0.270. The van der Waals surface area contributed by atoms with E-state index in [1.807, 2.05) is 0 Å². The number of benzene rings is 1. The molecule has 0 bridgehead atoms. The van der Waals surface area contributed by atoms with Crippen LogP contribution in [0.25, 0.3) is 0 Å². The van der Waals surface area contributed by atoms with E-state index in [0.717, 1.165) is 11.2 Å². The lowest BCUT2D eigenvalue weighted by Crippen LogP contribution is -2.43. The fourth-order valence-corrected chi connectivity index (χ4v) is 4.72. The number of alkyl halides is 3. The molecule has 0 amide bonds. The van der Waals surface area contributed by atoms with Gasteiger partial charge in [-0.25, -0.2) is 13.4 Å². The molecule has 1 fully saturated rings. The fraction of sp³-hybridized carbons (Fsp3) is 0.412. The molecule has 0 radical (unpaired) electrons. The molecular weight excluding hydrogens is 427 g/mol. The Morgan fingerprint density at radius 2 is 2.03 bits per heavy atom. The predicted octanol–water partition coefficient (Wildman–Crippen LogP) is 1.93. The van der Waals surface area contributed by atoms with Crippen molar-refractivity contribution in [2.45, 2.75) is 30.0 Å². The lowest BCUT2D eigenvalue weighted by Gasteiger charge is -2.26. The number of aryl methyl sites for hydroxylation is 1. The van der Waals surface area contributed by atoms with Gasteiger partial charge in [0.2, 0.25) is 0 Å². The number of ether oxygens (including phenoxy) is 1. The van der Waals surface area contributed by atoms with Gasteiger partial charge in [-0.3, -0.25) is 4.90 Å². The van der Waals surface area contributed by atoms with Crippen molar-refractivity contribution in [1.29, 1.82) is 0 Å². The van der Waals surface area contributed by atoms with E-state index in [9.17, 15) is 21.6 Å². The number of rotatable bonds is 5. The van der Waals surface area contributed by atoms with Crippen LogP contribution in [0.1, 0.15) is 6.42 Å². The van der Waals surface area contributed by atoms with Gasteiger partial charge in [0.25, 0.3) is 10.0 Å². The van der Waals surface area contributed by atoms with E-state index in [1.54, 1.807) is 19.2 Å². The number of para-hydroxylation sites is 2. The fourth-order valence-electron chi connectivity index (χ4n) is 3.27. The van der Waals surface area contributed by atoms with Gasteiger partial charge in [0, 0.05) is 19.8 Å². The molecule has 30 heavy (non-hydrogen) atoms. The molecule has 1 aromatic carbocycles. The van der Waals surface area contributed by atoms with Crippen molar-refractivity contribution in [3.63, 3.8) is 0 Å². The summed E-state index contributed by atoms with van der Waals surface area (Å²) in [5.41, 5.74) is 0.118. The molecule has 1 saturated heterocycles. The van der Waals surface area contributed by atoms with E-state index in [1.165, 1.54) is 33.5 Å². The van der Waals surface area contributed by atoms with Gasteiger partial charge in [-0.05, 0) is 18.6 Å². The van der Waals surface area contributed by atoms with Crippen molar-refractivity contribution in [2.75, 3.05) is 18.0 Å². The summed E-state index contributed by atoms with van der Waals surface area (Å²) in [5.74, 6) is 0.172. The normalized spacial score (nSPS) is 22.5. The van der Waals surface area contributed by atoms with Crippen LogP contribution in [0.3, 0.4) is 0 Å². The van der Waals surface area contributed by atoms with E-state index < -0.39 is 28.5 Å². The number of anilines is 1. The van der Waals surface area contributed by atoms with E-state index in [2.05, 4.69) is 15.0 Å². The largest absolute Gasteiger partial charge is 0.487 e. The molecule has 1 aromatic heterocycles. The first-order valence-electron chi connectivity index (χ1n) is 8.94. The molecule has 2 aromatic rings. The zero-order valence-corrected chi connectivity index (χ0v) is 16.5. The lowest BCUT2D eigenvalue weighted by atomic mass is 10.2. The smallest absolute Gasteiger partial charge is 0.448 e. The maximum absolute atomic E-state index is 13.2. The standard InChI is InChI=1S/C17H18F3N5O4S/c1-23-9-15(21-10-23)30(26,27)24-7-6-12(8-24)28-14-5-3-2-4-13(14)25-11-22-29-16(25)17(18,19)20/h2-5,9-12,16H,6-8H2,1H3. The third-order valence-corrected chi connectivity index (χ3v) is 6.45. The Balaban J connectivity index is 1.51. The first-order valence-corrected chi connectivity index (χ1v) is 10.4. The van der Waals surface area contributed by atoms with E-state index in [0.29, 0.717) is 6.42 Å². The van der Waals surface area contributed by atoms with Crippen LogP contribution in [0, 0.1) is 0 Å². The topological polar surface area (TPSA) is 89.3 Å². The van der Waals surface area contributed by atoms with E-state index in [4.69, 9.17) is 4.74 Å². The van der Waals surface area contributed by atoms with Crippen molar-refractivity contribution >= 4 is 22.0 Å². The second kappa shape index (κ2) is 7.47. The summed E-state index contributed by atoms with van der Waals surface area (Å²) < 4.78 is 73.7. The third kappa shape index (κ3) is 3.81. The van der Waals surface area contributed by atoms with Gasteiger partial charge in [0.05, 0.1) is 18.6 Å². The number of aromatic nitrogens is 2. The Labute approximate surface area is 170 Å². The summed E-state index contributed by atoms with van der Waals surface area (Å²) in [5, 5.41) is 3.21. The Hall–Kier alpha value is -2.80. The van der Waals surface area contributed by atoms with Crippen LogP contribution in [0.2, 0.25) is 0 Å². The van der Waals surface area contributed by atoms with Crippen molar-refractivity contribution in [3.05, 3.63) is 36.8 Å². The number of sulfonamides is 1. The molecule has 2 unspecified atom stereocenters. The molecule has 2 aliphatic heterocycles. The number of hydrogen-bond donors (Lipinski definition) is 0. The number of oxime groups is 1. The Morgan fingerprint density at radius 3 is 2.73 bits per heavy atom. The average Bonchev–Trinajstić information content (AvgIpc) is 3.42. The summed E-state index contributed by atoms with van der Waals surface area (Å²) in [6, 6.07) is 6.15. The van der Waals surface area contributed by atoms with E-state index in [-0.39, 0.29) is 29.6 Å². The van der Waals surface area contributed by atoms with Crippen molar-refractivity contribution in [2.24, 2.45) is 12.2 Å². The Bertz CT molecular complexity index is 1060. The summed E-state index contributed by atoms with van der Waals surface area (Å²) >= 11 is 0. The van der Waals surface area contributed by atoms with E-state index >= 15 is 0 Å². The molecule has 9 nitrogen and oxygen atoms in total. The number of nitrogens with zero attached hydrogens (tertiary/aromatic N) is 5. The summed E-state index contributed by atoms with van der Waals surface area (Å²) in [6.07, 6.45) is -3.33. The quantitative estimate of drug-likeness (QED) is 0.699. The zero-order chi connectivity index (χ0) is 21.5. The zero-order valence-electron chi connectivity index (χ0n) is 15.7. The average molecular weight is 445 g/mol. The molecule has 0 aliphatic carbocycles. The highest BCUT2D eigenvalue weighted by atomic mass is 32.2. The predicted molar refractivity (Wildman–Crippen MR) is 99.3 cm³/mol. The van der Waals surface area contributed by atoms with Crippen LogP contribution >= 0.6 is 0 Å². The molecule has 3 heterocycles. The van der Waals surface area contributed by atoms with Crippen LogP contribution < -0.4 is 9.64 Å². The molecule has 2 aliphatic rings. The maximum Gasteiger partial charge on any atom is 0.448 e. The molecule has 4 rings (SSSR count). The van der Waals surface area contributed by atoms with Gasteiger partial charge in [0.15, 0.2) is 5.03 Å². The maximum atomic E-state index is 13.2. The number of hydrogen-bond acceptors (Lipinski definition) is 7. The van der Waals surface area contributed by atoms with Crippen molar-refractivity contribution < 1.29 is 31.2 Å². The van der Waals surface area contributed by atoms with Crippen LogP contribution in [0.5, 0.6) is 5.75 Å². The summed E-state index contributed by atoms with van der Waals surface area (Å²) in [7, 11) is -2.11. The Kier molecular flexibility index (Phi) is 5.10. The highest BCUT2D eigenvalue weighted by Crippen LogP contribution is 2.37. The first kappa shape index (κ1) is 20.5. The SMILES string of the molecule is Cn1cnc(S(=O)(=O)N2CCC(Oc3ccccc3N3C=NOC3C(F)(F)F)C2)c1. The van der Waals surface area contributed by atoms with Gasteiger partial charge in [-0.1, -0.05) is 17.3 Å². The molecule has 0 saturated carbocycles. The van der Waals surface area contributed by atoms with Crippen LogP contribution in [0.4, 0.5) is 18.9 Å². The molecule has 0 N–H and O–H groups in total. The molecule has 0 spiro atoms. The van der Waals surface area contributed by atoms with Crippen LogP contribution in [0.15, 0.2) is 47.0 Å². The van der Waals surface area contributed by atoms with Crippen molar-refractivity contribution in [1.82, 2.24) is 13.9 Å². The molecule has 162 valence electrons. The molecule has 2 atom stereocenters.